The molecule has 1 saturated heterocycles. The number of halogens is 1. The molecule has 1 fully saturated rings. The molecule has 6 nitrogen and oxygen atoms in total. The zero-order valence-electron chi connectivity index (χ0n) is 11.7. The summed E-state index contributed by atoms with van der Waals surface area (Å²) in [7, 11) is 0. The van der Waals surface area contributed by atoms with Crippen molar-refractivity contribution in [1.82, 2.24) is 20.2 Å². The van der Waals surface area contributed by atoms with Crippen LogP contribution >= 0.6 is 0 Å². The standard InChI is InChI=1S/C15H14FN5O/c16-10-4-1-3-9(7-10)12-5-2-6-21(12)15-18-13-11(8-17-20-13)14(22)19-15/h1,3-4,7-8,12H,2,5-6H2,(H2,17,18,19,20,22)/t12-/m0/s1. The second-order valence-corrected chi connectivity index (χ2v) is 5.43. The van der Waals surface area contributed by atoms with Crippen LogP contribution in [0.1, 0.15) is 24.4 Å². The molecule has 1 aliphatic heterocycles. The molecule has 112 valence electrons. The molecule has 0 aliphatic carbocycles. The second-order valence-electron chi connectivity index (χ2n) is 5.43. The minimum atomic E-state index is -0.255. The van der Waals surface area contributed by atoms with Crippen molar-refractivity contribution in [2.75, 3.05) is 11.4 Å². The number of hydrogen-bond donors (Lipinski definition) is 2. The van der Waals surface area contributed by atoms with E-state index in [-0.39, 0.29) is 17.4 Å². The Labute approximate surface area is 125 Å². The van der Waals surface area contributed by atoms with Gasteiger partial charge in [0, 0.05) is 6.54 Å². The number of anilines is 1. The van der Waals surface area contributed by atoms with Crippen LogP contribution in [0.5, 0.6) is 0 Å². The number of aromatic amines is 2. The fourth-order valence-corrected chi connectivity index (χ4v) is 3.05. The van der Waals surface area contributed by atoms with Gasteiger partial charge in [0.15, 0.2) is 5.65 Å². The molecule has 1 aromatic carbocycles. The Morgan fingerprint density at radius 1 is 1.36 bits per heavy atom. The first-order valence-electron chi connectivity index (χ1n) is 7.18. The highest BCUT2D eigenvalue weighted by Crippen LogP contribution is 2.34. The van der Waals surface area contributed by atoms with E-state index in [4.69, 9.17) is 0 Å². The van der Waals surface area contributed by atoms with Crippen molar-refractivity contribution in [3.8, 4) is 0 Å². The Bertz CT molecular complexity index is 887. The van der Waals surface area contributed by atoms with Gasteiger partial charge in [-0.1, -0.05) is 12.1 Å². The van der Waals surface area contributed by atoms with Crippen molar-refractivity contribution in [3.63, 3.8) is 0 Å². The van der Waals surface area contributed by atoms with Crippen LogP contribution in [0.3, 0.4) is 0 Å². The smallest absolute Gasteiger partial charge is 0.263 e. The number of aromatic nitrogens is 4. The maximum atomic E-state index is 13.5. The van der Waals surface area contributed by atoms with Crippen LogP contribution in [0.15, 0.2) is 35.3 Å². The monoisotopic (exact) mass is 299 g/mol. The minimum absolute atomic E-state index is 0.0132. The third-order valence-electron chi connectivity index (χ3n) is 4.07. The number of nitrogens with one attached hydrogen (secondary N) is 2. The van der Waals surface area contributed by atoms with Crippen molar-refractivity contribution in [2.45, 2.75) is 18.9 Å². The van der Waals surface area contributed by atoms with E-state index in [0.29, 0.717) is 17.0 Å². The summed E-state index contributed by atoms with van der Waals surface area (Å²) in [5.41, 5.74) is 1.13. The molecule has 3 heterocycles. The van der Waals surface area contributed by atoms with Gasteiger partial charge >= 0.3 is 0 Å². The lowest BCUT2D eigenvalue weighted by atomic mass is 10.0. The molecule has 0 spiro atoms. The normalized spacial score (nSPS) is 18.2. The third kappa shape index (κ3) is 2.05. The van der Waals surface area contributed by atoms with Crippen molar-refractivity contribution < 1.29 is 4.39 Å². The Kier molecular flexibility index (Phi) is 2.92. The van der Waals surface area contributed by atoms with Crippen molar-refractivity contribution in [2.24, 2.45) is 0 Å². The fraction of sp³-hybridized carbons (Fsp3) is 0.267. The molecule has 1 aliphatic rings. The molecule has 0 amide bonds. The van der Waals surface area contributed by atoms with Crippen LogP contribution in [-0.4, -0.2) is 26.7 Å². The third-order valence-corrected chi connectivity index (χ3v) is 4.07. The van der Waals surface area contributed by atoms with Crippen molar-refractivity contribution in [1.29, 1.82) is 0 Å². The highest BCUT2D eigenvalue weighted by Gasteiger charge is 2.28. The lowest BCUT2D eigenvalue weighted by Gasteiger charge is -2.25. The molecule has 4 rings (SSSR count). The zero-order valence-corrected chi connectivity index (χ0v) is 11.7. The average Bonchev–Trinajstić information content (AvgIpc) is 3.16. The second kappa shape index (κ2) is 4.94. The maximum absolute atomic E-state index is 13.5. The van der Waals surface area contributed by atoms with E-state index in [9.17, 15) is 9.18 Å². The van der Waals surface area contributed by atoms with Crippen LogP contribution in [-0.2, 0) is 0 Å². The Balaban J connectivity index is 1.77. The van der Waals surface area contributed by atoms with Gasteiger partial charge < -0.3 is 4.90 Å². The van der Waals surface area contributed by atoms with Crippen LogP contribution in [0.25, 0.3) is 11.0 Å². The van der Waals surface area contributed by atoms with E-state index in [1.165, 1.54) is 18.3 Å². The van der Waals surface area contributed by atoms with E-state index >= 15 is 0 Å². The predicted molar refractivity (Wildman–Crippen MR) is 80.2 cm³/mol. The molecular formula is C15H14FN5O. The van der Waals surface area contributed by atoms with Gasteiger partial charge in [-0.25, -0.2) is 4.39 Å². The topological polar surface area (TPSA) is 77.7 Å². The molecule has 0 radical (unpaired) electrons. The SMILES string of the molecule is O=c1[nH]c(N2CCC[C@H]2c2cccc(F)c2)nc2[nH]ncc12. The summed E-state index contributed by atoms with van der Waals surface area (Å²) in [6.07, 6.45) is 3.32. The van der Waals surface area contributed by atoms with Crippen LogP contribution in [0.4, 0.5) is 10.3 Å². The largest absolute Gasteiger partial charge is 0.335 e. The summed E-state index contributed by atoms with van der Waals surface area (Å²) in [5.74, 6) is 0.239. The first kappa shape index (κ1) is 13.0. The molecule has 1 atom stereocenters. The van der Waals surface area contributed by atoms with E-state index in [1.807, 2.05) is 11.0 Å². The number of H-pyrrole nitrogens is 2. The maximum Gasteiger partial charge on any atom is 0.263 e. The van der Waals surface area contributed by atoms with Gasteiger partial charge in [-0.2, -0.15) is 10.1 Å². The van der Waals surface area contributed by atoms with Gasteiger partial charge in [-0.05, 0) is 30.5 Å². The van der Waals surface area contributed by atoms with E-state index < -0.39 is 0 Å². The van der Waals surface area contributed by atoms with Gasteiger partial charge in [0.05, 0.1) is 12.2 Å². The lowest BCUT2D eigenvalue weighted by molar-refractivity contribution is 0.617. The first-order valence-corrected chi connectivity index (χ1v) is 7.18. The van der Waals surface area contributed by atoms with Gasteiger partial charge in [-0.3, -0.25) is 14.9 Å². The molecule has 0 unspecified atom stereocenters. The van der Waals surface area contributed by atoms with Crippen molar-refractivity contribution >= 4 is 17.0 Å². The fourth-order valence-electron chi connectivity index (χ4n) is 3.05. The predicted octanol–water partition coefficient (Wildman–Crippen LogP) is 2.13. The molecule has 0 saturated carbocycles. The van der Waals surface area contributed by atoms with Gasteiger partial charge in [-0.15, -0.1) is 0 Å². The first-order chi connectivity index (χ1) is 10.7. The van der Waals surface area contributed by atoms with E-state index in [2.05, 4.69) is 20.2 Å². The van der Waals surface area contributed by atoms with Gasteiger partial charge in [0.25, 0.3) is 5.56 Å². The summed E-state index contributed by atoms with van der Waals surface area (Å²) in [6, 6.07) is 6.59. The summed E-state index contributed by atoms with van der Waals surface area (Å²) in [6.45, 7) is 0.768. The Morgan fingerprint density at radius 2 is 2.27 bits per heavy atom. The minimum Gasteiger partial charge on any atom is -0.335 e. The summed E-state index contributed by atoms with van der Waals surface area (Å²) in [5, 5.41) is 7.00. The van der Waals surface area contributed by atoms with E-state index in [0.717, 1.165) is 24.9 Å². The molecule has 2 aromatic heterocycles. The van der Waals surface area contributed by atoms with Gasteiger partial charge in [0.2, 0.25) is 5.95 Å². The number of hydrogen-bond acceptors (Lipinski definition) is 4. The molecular weight excluding hydrogens is 285 g/mol. The summed E-state index contributed by atoms with van der Waals surface area (Å²) in [4.78, 5) is 21.3. The van der Waals surface area contributed by atoms with Gasteiger partial charge in [0.1, 0.15) is 11.2 Å². The Morgan fingerprint density at radius 3 is 3.14 bits per heavy atom. The highest BCUT2D eigenvalue weighted by atomic mass is 19.1. The van der Waals surface area contributed by atoms with Crippen molar-refractivity contribution in [3.05, 3.63) is 52.2 Å². The van der Waals surface area contributed by atoms with Crippen LogP contribution < -0.4 is 10.5 Å². The van der Waals surface area contributed by atoms with E-state index in [1.54, 1.807) is 6.07 Å². The average molecular weight is 299 g/mol. The number of benzene rings is 1. The molecule has 2 N–H and O–H groups in total. The number of rotatable bonds is 2. The van der Waals surface area contributed by atoms with Crippen LogP contribution in [0, 0.1) is 5.82 Å². The summed E-state index contributed by atoms with van der Waals surface area (Å²) < 4.78 is 13.5. The molecule has 7 heteroatoms. The summed E-state index contributed by atoms with van der Waals surface area (Å²) >= 11 is 0. The highest BCUT2D eigenvalue weighted by molar-refractivity contribution is 5.73. The Hall–Kier alpha value is -2.70. The quantitative estimate of drug-likeness (QED) is 0.760. The molecule has 3 aromatic rings. The molecule has 0 bridgehead atoms. The zero-order chi connectivity index (χ0) is 15.1. The van der Waals surface area contributed by atoms with Crippen LogP contribution in [0.2, 0.25) is 0 Å². The lowest BCUT2D eigenvalue weighted by Crippen LogP contribution is -2.27. The number of nitrogens with zero attached hydrogens (tertiary/aromatic N) is 3. The number of fused-ring (bicyclic) bond motifs is 1. The molecule has 22 heavy (non-hydrogen) atoms.